The van der Waals surface area contributed by atoms with Gasteiger partial charge in [-0.2, -0.15) is 0 Å². The van der Waals surface area contributed by atoms with Gasteiger partial charge in [0.2, 0.25) is 0 Å². The lowest BCUT2D eigenvalue weighted by atomic mass is 9.81. The average molecular weight is 460 g/mol. The molecule has 0 spiro atoms. The summed E-state index contributed by atoms with van der Waals surface area (Å²) in [5.41, 5.74) is 9.60. The summed E-state index contributed by atoms with van der Waals surface area (Å²) < 4.78 is 1.30. The van der Waals surface area contributed by atoms with Crippen molar-refractivity contribution in [3.8, 4) is 22.3 Å². The molecule has 0 radical (unpaired) electrons. The predicted octanol–water partition coefficient (Wildman–Crippen LogP) is 7.73. The Kier molecular flexibility index (Phi) is 3.74. The Labute approximate surface area is 174 Å². The number of fused-ring (bicyclic) bond motifs is 4. The summed E-state index contributed by atoms with van der Waals surface area (Å²) in [6, 6.07) is 27.2. The van der Waals surface area contributed by atoms with Crippen LogP contribution in [0.3, 0.4) is 0 Å². The molecular weight excluding hydrogens is 439 g/mol. The second kappa shape index (κ2) is 5.93. The number of hydrogen-bond donors (Lipinski definition) is 0. The molecule has 0 aliphatic heterocycles. The molecule has 4 aromatic carbocycles. The smallest absolute Gasteiger partial charge is 0.0159 e. The van der Waals surface area contributed by atoms with E-state index in [4.69, 9.17) is 0 Å². The van der Waals surface area contributed by atoms with Gasteiger partial charge in [0, 0.05) is 8.99 Å². The molecule has 0 amide bonds. The van der Waals surface area contributed by atoms with Crippen molar-refractivity contribution in [1.29, 1.82) is 0 Å². The quantitative estimate of drug-likeness (QED) is 0.255. The lowest BCUT2D eigenvalue weighted by Gasteiger charge is -2.22. The number of halogens is 1. The van der Waals surface area contributed by atoms with Crippen molar-refractivity contribution in [3.05, 3.63) is 93.1 Å². The van der Waals surface area contributed by atoms with Crippen LogP contribution in [0.25, 0.3) is 33.0 Å². The van der Waals surface area contributed by atoms with Crippen LogP contribution < -0.4 is 0 Å². The Morgan fingerprint density at radius 3 is 2.19 bits per heavy atom. The van der Waals surface area contributed by atoms with Gasteiger partial charge in [-0.1, -0.05) is 62.4 Å². The third-order valence-corrected chi connectivity index (χ3v) is 6.74. The van der Waals surface area contributed by atoms with Gasteiger partial charge >= 0.3 is 0 Å². The van der Waals surface area contributed by atoms with E-state index in [2.05, 4.69) is 116 Å². The summed E-state index contributed by atoms with van der Waals surface area (Å²) in [7, 11) is 0. The first-order chi connectivity index (χ1) is 12.9. The monoisotopic (exact) mass is 460 g/mol. The summed E-state index contributed by atoms with van der Waals surface area (Å²) in [4.78, 5) is 0. The van der Waals surface area contributed by atoms with E-state index in [0.717, 1.165) is 0 Å². The fraction of sp³-hybridized carbons (Fsp3) is 0.154. The highest BCUT2D eigenvalue weighted by molar-refractivity contribution is 14.1. The normalized spacial score (nSPS) is 14.2. The molecule has 1 heteroatoms. The number of rotatable bonds is 1. The van der Waals surface area contributed by atoms with Crippen molar-refractivity contribution in [3.63, 3.8) is 0 Å². The molecule has 0 fully saturated rings. The van der Waals surface area contributed by atoms with Crippen LogP contribution in [0.1, 0.15) is 30.5 Å². The van der Waals surface area contributed by atoms with Crippen molar-refractivity contribution in [1.82, 2.24) is 0 Å². The van der Waals surface area contributed by atoms with Crippen molar-refractivity contribution in [2.24, 2.45) is 0 Å². The Bertz CT molecular complexity index is 1210. The predicted molar refractivity (Wildman–Crippen MR) is 124 cm³/mol. The van der Waals surface area contributed by atoms with Crippen molar-refractivity contribution < 1.29 is 0 Å². The molecule has 0 N–H and O–H groups in total. The van der Waals surface area contributed by atoms with Gasteiger partial charge in [0.1, 0.15) is 0 Å². The van der Waals surface area contributed by atoms with Crippen LogP contribution in [0, 0.1) is 10.5 Å². The molecule has 1 aliphatic rings. The Morgan fingerprint density at radius 1 is 0.704 bits per heavy atom. The molecule has 0 nitrogen and oxygen atoms in total. The minimum absolute atomic E-state index is 0.0363. The first kappa shape index (κ1) is 17.0. The van der Waals surface area contributed by atoms with E-state index in [1.807, 2.05) is 0 Å². The van der Waals surface area contributed by atoms with Crippen LogP contribution in [0.4, 0.5) is 0 Å². The van der Waals surface area contributed by atoms with Gasteiger partial charge in [0.25, 0.3) is 0 Å². The molecule has 0 unspecified atom stereocenters. The molecule has 0 saturated heterocycles. The second-order valence-electron chi connectivity index (χ2n) is 8.09. The molecule has 1 aliphatic carbocycles. The van der Waals surface area contributed by atoms with E-state index in [-0.39, 0.29) is 5.41 Å². The fourth-order valence-electron chi connectivity index (χ4n) is 4.50. The van der Waals surface area contributed by atoms with Gasteiger partial charge in [-0.3, -0.25) is 0 Å². The van der Waals surface area contributed by atoms with Gasteiger partial charge in [-0.15, -0.1) is 0 Å². The standard InChI is InChI=1S/C26H21I/c1-16-5-4-6-17-7-8-18(13-23(16)17)19-9-11-21-22-12-10-20(27)15-25(22)26(2,3)24(21)14-19/h4-15H,1-3H3. The first-order valence-corrected chi connectivity index (χ1v) is 10.5. The molecule has 0 bridgehead atoms. The Hall–Kier alpha value is -2.13. The van der Waals surface area contributed by atoms with Crippen LogP contribution in [-0.4, -0.2) is 0 Å². The van der Waals surface area contributed by atoms with Gasteiger partial charge in [0.15, 0.2) is 0 Å². The Morgan fingerprint density at radius 2 is 1.37 bits per heavy atom. The third-order valence-electron chi connectivity index (χ3n) is 6.07. The molecule has 0 heterocycles. The highest BCUT2D eigenvalue weighted by Gasteiger charge is 2.35. The minimum atomic E-state index is 0.0363. The molecule has 5 rings (SSSR count). The van der Waals surface area contributed by atoms with Crippen molar-refractivity contribution >= 4 is 33.4 Å². The molecular formula is C26H21I. The van der Waals surface area contributed by atoms with Gasteiger partial charge in [-0.25, -0.2) is 0 Å². The zero-order valence-electron chi connectivity index (χ0n) is 15.8. The maximum absolute atomic E-state index is 2.42. The van der Waals surface area contributed by atoms with Crippen LogP contribution in [0.2, 0.25) is 0 Å². The fourth-order valence-corrected chi connectivity index (χ4v) is 4.99. The zero-order valence-corrected chi connectivity index (χ0v) is 18.0. The highest BCUT2D eigenvalue weighted by atomic mass is 127. The first-order valence-electron chi connectivity index (χ1n) is 9.40. The average Bonchev–Trinajstić information content (AvgIpc) is 2.89. The van der Waals surface area contributed by atoms with Crippen LogP contribution in [0.5, 0.6) is 0 Å². The third kappa shape index (κ3) is 2.55. The maximum atomic E-state index is 2.42. The molecule has 132 valence electrons. The van der Waals surface area contributed by atoms with E-state index in [0.29, 0.717) is 0 Å². The topological polar surface area (TPSA) is 0 Å². The van der Waals surface area contributed by atoms with Crippen LogP contribution >= 0.6 is 22.6 Å². The number of aryl methyl sites for hydroxylation is 1. The summed E-state index contributed by atoms with van der Waals surface area (Å²) in [6.07, 6.45) is 0. The summed E-state index contributed by atoms with van der Waals surface area (Å²) in [5, 5.41) is 2.65. The van der Waals surface area contributed by atoms with E-state index >= 15 is 0 Å². The van der Waals surface area contributed by atoms with Crippen LogP contribution in [0.15, 0.2) is 72.8 Å². The Balaban J connectivity index is 1.69. The van der Waals surface area contributed by atoms with Crippen LogP contribution in [-0.2, 0) is 5.41 Å². The molecule has 0 atom stereocenters. The number of benzene rings is 4. The molecule has 27 heavy (non-hydrogen) atoms. The second-order valence-corrected chi connectivity index (χ2v) is 9.33. The van der Waals surface area contributed by atoms with Gasteiger partial charge < -0.3 is 0 Å². The SMILES string of the molecule is Cc1cccc2ccc(-c3ccc4c(c3)C(C)(C)c3cc(I)ccc3-4)cc12. The van der Waals surface area contributed by atoms with E-state index in [1.54, 1.807) is 0 Å². The van der Waals surface area contributed by atoms with E-state index < -0.39 is 0 Å². The van der Waals surface area contributed by atoms with Crippen molar-refractivity contribution in [2.75, 3.05) is 0 Å². The lowest BCUT2D eigenvalue weighted by Crippen LogP contribution is -2.15. The van der Waals surface area contributed by atoms with Gasteiger partial charge in [0.05, 0.1) is 0 Å². The largest absolute Gasteiger partial charge is 0.0614 e. The molecule has 0 aromatic heterocycles. The highest BCUT2D eigenvalue weighted by Crippen LogP contribution is 2.50. The number of hydrogen-bond acceptors (Lipinski definition) is 0. The maximum Gasteiger partial charge on any atom is 0.0159 e. The van der Waals surface area contributed by atoms with Crippen molar-refractivity contribution in [2.45, 2.75) is 26.2 Å². The van der Waals surface area contributed by atoms with E-state index in [9.17, 15) is 0 Å². The lowest BCUT2D eigenvalue weighted by molar-refractivity contribution is 0.660. The summed E-state index contributed by atoms with van der Waals surface area (Å²) in [5.74, 6) is 0. The molecule has 4 aromatic rings. The van der Waals surface area contributed by atoms with E-state index in [1.165, 1.54) is 53.3 Å². The van der Waals surface area contributed by atoms with Gasteiger partial charge in [-0.05, 0) is 103 Å². The summed E-state index contributed by atoms with van der Waals surface area (Å²) >= 11 is 2.42. The molecule has 0 saturated carbocycles. The zero-order chi connectivity index (χ0) is 18.8. The minimum Gasteiger partial charge on any atom is -0.0614 e. The summed E-state index contributed by atoms with van der Waals surface area (Å²) in [6.45, 7) is 6.89.